The number of nitrogens with zero attached hydrogens (tertiary/aromatic N) is 3. The summed E-state index contributed by atoms with van der Waals surface area (Å²) >= 11 is 0. The first kappa shape index (κ1) is 23.2. The Morgan fingerprint density at radius 3 is 2.56 bits per heavy atom. The van der Waals surface area contributed by atoms with Crippen LogP contribution in [0.5, 0.6) is 11.5 Å². The molecule has 1 aliphatic rings. The van der Waals surface area contributed by atoms with Gasteiger partial charge in [0.1, 0.15) is 18.4 Å². The molecule has 4 aromatic rings. The molecule has 0 aliphatic carbocycles. The Balaban J connectivity index is 1.35. The molecule has 2 aromatic carbocycles. The van der Waals surface area contributed by atoms with Crippen molar-refractivity contribution in [2.75, 3.05) is 12.1 Å². The van der Waals surface area contributed by atoms with Gasteiger partial charge < -0.3 is 20.1 Å². The number of benzene rings is 2. The zero-order valence-electron chi connectivity index (χ0n) is 20.1. The molecule has 0 saturated heterocycles. The Morgan fingerprint density at radius 1 is 1.03 bits per heavy atom. The molecule has 0 radical (unpaired) electrons. The van der Waals surface area contributed by atoms with E-state index in [1.165, 1.54) is 6.33 Å². The van der Waals surface area contributed by atoms with E-state index in [0.717, 1.165) is 15.8 Å². The highest BCUT2D eigenvalue weighted by Crippen LogP contribution is 2.34. The average molecular weight is 488 g/mol. The number of aryl methyl sites for hydroxylation is 3. The number of carbonyl (C=O) groups is 2. The van der Waals surface area contributed by atoms with Crippen molar-refractivity contribution in [3.8, 4) is 11.5 Å². The number of fused-ring (bicyclic) bond motifs is 2. The van der Waals surface area contributed by atoms with Gasteiger partial charge in [-0.25, -0.2) is 4.68 Å². The van der Waals surface area contributed by atoms with Gasteiger partial charge in [-0.15, -0.1) is 0 Å². The first-order chi connectivity index (χ1) is 17.3. The zero-order chi connectivity index (χ0) is 25.4. The van der Waals surface area contributed by atoms with Crippen LogP contribution in [0.3, 0.4) is 0 Å². The minimum Gasteiger partial charge on any atom is -0.454 e. The highest BCUT2D eigenvalue weighted by atomic mass is 16.7. The van der Waals surface area contributed by atoms with Crippen LogP contribution in [0.15, 0.2) is 53.6 Å². The van der Waals surface area contributed by atoms with Gasteiger partial charge in [-0.3, -0.25) is 18.8 Å². The van der Waals surface area contributed by atoms with Gasteiger partial charge in [0.15, 0.2) is 11.5 Å². The lowest BCUT2D eigenvalue weighted by Gasteiger charge is -2.08. The molecule has 0 spiro atoms. The minimum atomic E-state index is -0.462. The van der Waals surface area contributed by atoms with Crippen molar-refractivity contribution in [1.29, 1.82) is 0 Å². The molecule has 0 unspecified atom stereocenters. The van der Waals surface area contributed by atoms with E-state index in [2.05, 4.69) is 15.7 Å². The Kier molecular flexibility index (Phi) is 5.93. The van der Waals surface area contributed by atoms with Gasteiger partial charge in [-0.05, 0) is 44.0 Å². The summed E-state index contributed by atoms with van der Waals surface area (Å²) in [5, 5.41) is 9.81. The van der Waals surface area contributed by atoms with E-state index in [4.69, 9.17) is 9.47 Å². The van der Waals surface area contributed by atoms with E-state index in [1.807, 2.05) is 31.2 Å². The van der Waals surface area contributed by atoms with Crippen LogP contribution in [0.1, 0.15) is 32.7 Å². The fraction of sp³-hybridized carbons (Fsp3) is 0.231. The van der Waals surface area contributed by atoms with E-state index in [1.54, 1.807) is 36.4 Å². The summed E-state index contributed by atoms with van der Waals surface area (Å²) in [7, 11) is 0. The molecular formula is C26H25N5O5. The van der Waals surface area contributed by atoms with Gasteiger partial charge in [-0.2, -0.15) is 5.10 Å². The van der Waals surface area contributed by atoms with E-state index in [9.17, 15) is 14.4 Å². The van der Waals surface area contributed by atoms with Crippen LogP contribution in [0, 0.1) is 20.8 Å². The van der Waals surface area contributed by atoms with Crippen molar-refractivity contribution in [3.05, 3.63) is 87.1 Å². The predicted molar refractivity (Wildman–Crippen MR) is 132 cm³/mol. The number of amides is 2. The lowest BCUT2D eigenvalue weighted by atomic mass is 10.1. The van der Waals surface area contributed by atoms with Gasteiger partial charge in [0.2, 0.25) is 12.7 Å². The van der Waals surface area contributed by atoms with E-state index in [-0.39, 0.29) is 19.2 Å². The molecule has 0 bridgehead atoms. The molecule has 2 amide bonds. The molecule has 0 saturated carbocycles. The van der Waals surface area contributed by atoms with Crippen molar-refractivity contribution < 1.29 is 19.1 Å². The van der Waals surface area contributed by atoms with Crippen LogP contribution >= 0.6 is 0 Å². The Bertz CT molecular complexity index is 1550. The molecule has 5 rings (SSSR count). The first-order valence-corrected chi connectivity index (χ1v) is 11.4. The summed E-state index contributed by atoms with van der Waals surface area (Å²) in [6.45, 7) is 5.70. The van der Waals surface area contributed by atoms with Crippen molar-refractivity contribution in [1.82, 2.24) is 19.5 Å². The normalized spacial score (nSPS) is 12.1. The van der Waals surface area contributed by atoms with Crippen LogP contribution in [-0.4, -0.2) is 32.8 Å². The molecule has 36 heavy (non-hydrogen) atoms. The first-order valence-electron chi connectivity index (χ1n) is 11.4. The molecule has 2 N–H and O–H groups in total. The number of rotatable bonds is 6. The number of hydrogen-bond acceptors (Lipinski definition) is 6. The highest BCUT2D eigenvalue weighted by Gasteiger charge is 2.22. The summed E-state index contributed by atoms with van der Waals surface area (Å²) in [5.74, 6) is 0.441. The second-order valence-electron chi connectivity index (χ2n) is 8.68. The molecule has 3 heterocycles. The smallest absolute Gasteiger partial charge is 0.291 e. The van der Waals surface area contributed by atoms with Crippen LogP contribution in [0.4, 0.5) is 5.69 Å². The fourth-order valence-corrected chi connectivity index (χ4v) is 4.29. The van der Waals surface area contributed by atoms with E-state index in [0.29, 0.717) is 46.1 Å². The zero-order valence-corrected chi connectivity index (χ0v) is 20.1. The quantitative estimate of drug-likeness (QED) is 0.432. The maximum absolute atomic E-state index is 13.2. The van der Waals surface area contributed by atoms with Crippen molar-refractivity contribution in [2.45, 2.75) is 33.9 Å². The van der Waals surface area contributed by atoms with Crippen molar-refractivity contribution in [2.24, 2.45) is 0 Å². The summed E-state index contributed by atoms with van der Waals surface area (Å²) < 4.78 is 13.3. The third kappa shape index (κ3) is 4.28. The molecule has 2 aromatic heterocycles. The summed E-state index contributed by atoms with van der Waals surface area (Å²) in [5.41, 5.74) is 4.03. The molecule has 0 fully saturated rings. The van der Waals surface area contributed by atoms with E-state index < -0.39 is 11.5 Å². The molecule has 1 aliphatic heterocycles. The van der Waals surface area contributed by atoms with Gasteiger partial charge in [-0.1, -0.05) is 29.8 Å². The van der Waals surface area contributed by atoms with Crippen molar-refractivity contribution >= 4 is 23.0 Å². The maximum Gasteiger partial charge on any atom is 0.291 e. The standard InChI is InChI=1S/C26H25N5O5/c1-15-4-6-18(7-5-15)11-27-25(33)23-16(2)24-26(34)31(28-13-30(24)17(23)3)12-22(32)29-19-8-9-20-21(10-19)36-14-35-20/h4-10,13H,11-12,14H2,1-3H3,(H,27,33)(H,29,32). The van der Waals surface area contributed by atoms with Crippen LogP contribution in [0.2, 0.25) is 0 Å². The summed E-state index contributed by atoms with van der Waals surface area (Å²) in [6.07, 6.45) is 1.45. The van der Waals surface area contributed by atoms with Crippen molar-refractivity contribution in [3.63, 3.8) is 0 Å². The molecule has 10 nitrogen and oxygen atoms in total. The maximum atomic E-state index is 13.2. The number of carbonyl (C=O) groups excluding carboxylic acids is 2. The molecule has 184 valence electrons. The Labute approximate surface area is 206 Å². The van der Waals surface area contributed by atoms with Crippen LogP contribution in [-0.2, 0) is 17.9 Å². The molecule has 10 heteroatoms. The molecule has 0 atom stereocenters. The monoisotopic (exact) mass is 487 g/mol. The lowest BCUT2D eigenvalue weighted by Crippen LogP contribution is -2.30. The number of hydrogen-bond donors (Lipinski definition) is 2. The van der Waals surface area contributed by atoms with Gasteiger partial charge in [0.25, 0.3) is 11.5 Å². The lowest BCUT2D eigenvalue weighted by molar-refractivity contribution is -0.117. The molecular weight excluding hydrogens is 462 g/mol. The minimum absolute atomic E-state index is 0.133. The summed E-state index contributed by atoms with van der Waals surface area (Å²) in [4.78, 5) is 38.9. The van der Waals surface area contributed by atoms with Gasteiger partial charge >= 0.3 is 0 Å². The van der Waals surface area contributed by atoms with Gasteiger partial charge in [0, 0.05) is 24.0 Å². The fourth-order valence-electron chi connectivity index (χ4n) is 4.29. The van der Waals surface area contributed by atoms with Gasteiger partial charge in [0.05, 0.1) is 5.56 Å². The second kappa shape index (κ2) is 9.21. The Morgan fingerprint density at radius 2 is 1.78 bits per heavy atom. The summed E-state index contributed by atoms with van der Waals surface area (Å²) in [6, 6.07) is 12.9. The predicted octanol–water partition coefficient (Wildman–Crippen LogP) is 2.72. The largest absolute Gasteiger partial charge is 0.454 e. The van der Waals surface area contributed by atoms with E-state index >= 15 is 0 Å². The van der Waals surface area contributed by atoms with Crippen LogP contribution in [0.25, 0.3) is 5.52 Å². The average Bonchev–Trinajstić information content (AvgIpc) is 3.42. The van der Waals surface area contributed by atoms with Crippen LogP contribution < -0.4 is 25.7 Å². The third-order valence-corrected chi connectivity index (χ3v) is 6.19. The number of anilines is 1. The third-order valence-electron chi connectivity index (χ3n) is 6.19. The SMILES string of the molecule is Cc1ccc(CNC(=O)c2c(C)c3c(=O)n(CC(=O)Nc4ccc5c(c4)OCO5)ncn3c2C)cc1. The Hall–Kier alpha value is -4.60. The number of aromatic nitrogens is 3. The number of ether oxygens (including phenoxy) is 2. The second-order valence-corrected chi connectivity index (χ2v) is 8.68. The highest BCUT2D eigenvalue weighted by molar-refractivity contribution is 5.99. The topological polar surface area (TPSA) is 116 Å². The number of nitrogens with one attached hydrogen (secondary N) is 2.